The van der Waals surface area contributed by atoms with Crippen molar-refractivity contribution >= 4 is 12.8 Å². The van der Waals surface area contributed by atoms with Crippen LogP contribution in [0.25, 0.3) is 0 Å². The van der Waals surface area contributed by atoms with Gasteiger partial charge in [-0.2, -0.15) is 0 Å². The summed E-state index contributed by atoms with van der Waals surface area (Å²) >= 11 is 0. The first kappa shape index (κ1) is 14.2. The molecule has 2 rings (SSSR count). The zero-order chi connectivity index (χ0) is 13.0. The molecule has 2 aliphatic rings. The van der Waals surface area contributed by atoms with Crippen LogP contribution < -0.4 is 0 Å². The third-order valence-electron chi connectivity index (χ3n) is 4.57. The average Bonchev–Trinajstić information content (AvgIpc) is 2.65. The summed E-state index contributed by atoms with van der Waals surface area (Å²) in [6, 6.07) is 0. The molecular weight excluding hydrogens is 216 g/mol. The first-order valence-electron chi connectivity index (χ1n) is 6.66. The van der Waals surface area contributed by atoms with Gasteiger partial charge in [-0.25, -0.2) is 0 Å². The van der Waals surface area contributed by atoms with Gasteiger partial charge in [0.05, 0.1) is 5.92 Å². The van der Waals surface area contributed by atoms with Crippen LogP contribution in [0.2, 0.25) is 0 Å². The van der Waals surface area contributed by atoms with Crippen LogP contribution in [0.4, 0.5) is 0 Å². The predicted molar refractivity (Wildman–Crippen MR) is 66.5 cm³/mol. The van der Waals surface area contributed by atoms with E-state index >= 15 is 0 Å². The predicted octanol–water partition coefficient (Wildman–Crippen LogP) is 2.83. The van der Waals surface area contributed by atoms with Crippen LogP contribution in [0.1, 0.15) is 46.5 Å². The normalized spacial score (nSPS) is 39.9. The molecular formula is C14H24O3. The number of carbonyl (C=O) groups is 2. The van der Waals surface area contributed by atoms with Crippen molar-refractivity contribution < 1.29 is 14.3 Å². The van der Waals surface area contributed by atoms with Crippen LogP contribution in [0.5, 0.6) is 0 Å². The number of ether oxygens (including phenoxy) is 1. The number of fused-ring (bicyclic) bond motifs is 1. The summed E-state index contributed by atoms with van der Waals surface area (Å²) in [5.74, 6) is 2.35. The second kappa shape index (κ2) is 6.18. The maximum atomic E-state index is 11.7. The van der Waals surface area contributed by atoms with E-state index in [4.69, 9.17) is 9.53 Å². The molecule has 4 unspecified atom stereocenters. The van der Waals surface area contributed by atoms with E-state index in [1.807, 2.05) is 6.79 Å². The van der Waals surface area contributed by atoms with Crippen LogP contribution in [-0.2, 0) is 14.3 Å². The number of carbonyl (C=O) groups excluding carboxylic acids is 2. The summed E-state index contributed by atoms with van der Waals surface area (Å²) < 4.78 is 5.35. The molecule has 1 saturated heterocycles. The molecule has 0 radical (unpaired) electrons. The minimum Gasteiger partial charge on any atom is -0.462 e. The standard InChI is InChI=1S/C13H22O2.CH2O/c1-4-9-6-11-8(3)15-13(14)12(11)7-10(9)5-2;1-2/h8-12H,4-7H2,1-3H3;1H2/t8?,9-,10?,11?,12?;/m0./s1. The number of rotatable bonds is 2. The van der Waals surface area contributed by atoms with Crippen molar-refractivity contribution in [2.24, 2.45) is 23.7 Å². The summed E-state index contributed by atoms with van der Waals surface area (Å²) in [5, 5.41) is 0. The SMILES string of the molecule is C=O.CCC1CC2C(=O)OC(C)C2C[C@@H]1CC. The van der Waals surface area contributed by atoms with Crippen molar-refractivity contribution in [2.45, 2.75) is 52.6 Å². The molecule has 1 saturated carbocycles. The second-order valence-electron chi connectivity index (χ2n) is 5.22. The van der Waals surface area contributed by atoms with Gasteiger partial charge in [0.25, 0.3) is 0 Å². The van der Waals surface area contributed by atoms with Gasteiger partial charge in [-0.1, -0.05) is 26.7 Å². The minimum absolute atomic E-state index is 0.0699. The van der Waals surface area contributed by atoms with Crippen LogP contribution in [0.15, 0.2) is 0 Å². The highest BCUT2D eigenvalue weighted by Gasteiger charge is 2.47. The molecule has 1 aliphatic carbocycles. The maximum absolute atomic E-state index is 11.7. The lowest BCUT2D eigenvalue weighted by Crippen LogP contribution is -2.33. The summed E-state index contributed by atoms with van der Waals surface area (Å²) in [4.78, 5) is 19.7. The van der Waals surface area contributed by atoms with Crippen molar-refractivity contribution in [1.29, 1.82) is 0 Å². The highest BCUT2D eigenvalue weighted by atomic mass is 16.6. The Morgan fingerprint density at radius 3 is 2.24 bits per heavy atom. The highest BCUT2D eigenvalue weighted by Crippen LogP contribution is 2.46. The molecule has 0 amide bonds. The van der Waals surface area contributed by atoms with Crippen LogP contribution >= 0.6 is 0 Å². The molecule has 3 nitrogen and oxygen atoms in total. The quantitative estimate of drug-likeness (QED) is 0.697. The Morgan fingerprint density at radius 2 is 1.71 bits per heavy atom. The second-order valence-corrected chi connectivity index (χ2v) is 5.22. The van der Waals surface area contributed by atoms with Gasteiger partial charge in [0, 0.05) is 5.92 Å². The maximum Gasteiger partial charge on any atom is 0.309 e. The van der Waals surface area contributed by atoms with Crippen LogP contribution in [0.3, 0.4) is 0 Å². The molecule has 0 aromatic rings. The Kier molecular flexibility index (Phi) is 5.16. The molecule has 0 N–H and O–H groups in total. The monoisotopic (exact) mass is 240 g/mol. The first-order valence-corrected chi connectivity index (χ1v) is 6.66. The van der Waals surface area contributed by atoms with Gasteiger partial charge in [0.2, 0.25) is 0 Å². The van der Waals surface area contributed by atoms with E-state index in [1.54, 1.807) is 0 Å². The molecule has 17 heavy (non-hydrogen) atoms. The third-order valence-corrected chi connectivity index (χ3v) is 4.57. The van der Waals surface area contributed by atoms with E-state index in [0.717, 1.165) is 18.3 Å². The molecule has 0 spiro atoms. The molecule has 0 aromatic heterocycles. The van der Waals surface area contributed by atoms with Gasteiger partial charge in [-0.3, -0.25) is 4.79 Å². The Hall–Kier alpha value is -0.860. The van der Waals surface area contributed by atoms with Gasteiger partial charge in [0.1, 0.15) is 12.9 Å². The molecule has 3 heteroatoms. The lowest BCUT2D eigenvalue weighted by molar-refractivity contribution is -0.144. The van der Waals surface area contributed by atoms with E-state index in [9.17, 15) is 4.79 Å². The molecule has 0 bridgehead atoms. The van der Waals surface area contributed by atoms with Gasteiger partial charge >= 0.3 is 5.97 Å². The molecule has 5 atom stereocenters. The van der Waals surface area contributed by atoms with Gasteiger partial charge in [-0.15, -0.1) is 0 Å². The Labute approximate surface area is 104 Å². The third kappa shape index (κ3) is 2.70. The van der Waals surface area contributed by atoms with Gasteiger partial charge < -0.3 is 9.53 Å². The number of cyclic esters (lactones) is 1. The molecule has 1 heterocycles. The van der Waals surface area contributed by atoms with Crippen molar-refractivity contribution in [3.05, 3.63) is 0 Å². The molecule has 2 fully saturated rings. The van der Waals surface area contributed by atoms with Crippen molar-refractivity contribution in [3.63, 3.8) is 0 Å². The van der Waals surface area contributed by atoms with Gasteiger partial charge in [0.15, 0.2) is 0 Å². The van der Waals surface area contributed by atoms with Crippen LogP contribution in [-0.4, -0.2) is 18.9 Å². The highest BCUT2D eigenvalue weighted by molar-refractivity contribution is 5.75. The van der Waals surface area contributed by atoms with E-state index in [-0.39, 0.29) is 18.0 Å². The summed E-state index contributed by atoms with van der Waals surface area (Å²) in [6.45, 7) is 8.58. The summed E-state index contributed by atoms with van der Waals surface area (Å²) in [7, 11) is 0. The Balaban J connectivity index is 0.000000686. The summed E-state index contributed by atoms with van der Waals surface area (Å²) in [5.41, 5.74) is 0. The first-order chi connectivity index (χ1) is 8.17. The fourth-order valence-corrected chi connectivity index (χ4v) is 3.55. The van der Waals surface area contributed by atoms with E-state index < -0.39 is 0 Å². The smallest absolute Gasteiger partial charge is 0.309 e. The lowest BCUT2D eigenvalue weighted by atomic mass is 9.66. The lowest BCUT2D eigenvalue weighted by Gasteiger charge is -2.36. The zero-order valence-electron chi connectivity index (χ0n) is 11.1. The van der Waals surface area contributed by atoms with Gasteiger partial charge in [-0.05, 0) is 31.6 Å². The minimum atomic E-state index is 0.0699. The Bertz CT molecular complexity index is 264. The number of hydrogen-bond acceptors (Lipinski definition) is 3. The topological polar surface area (TPSA) is 43.4 Å². The Morgan fingerprint density at radius 1 is 1.18 bits per heavy atom. The van der Waals surface area contributed by atoms with Crippen molar-refractivity contribution in [1.82, 2.24) is 0 Å². The number of esters is 1. The van der Waals surface area contributed by atoms with E-state index in [1.165, 1.54) is 19.3 Å². The fourth-order valence-electron chi connectivity index (χ4n) is 3.55. The molecule has 0 aromatic carbocycles. The zero-order valence-corrected chi connectivity index (χ0v) is 11.1. The van der Waals surface area contributed by atoms with E-state index in [2.05, 4.69) is 20.8 Å². The molecule has 1 aliphatic heterocycles. The van der Waals surface area contributed by atoms with Crippen molar-refractivity contribution in [3.8, 4) is 0 Å². The number of hydrogen-bond donors (Lipinski definition) is 0. The summed E-state index contributed by atoms with van der Waals surface area (Å²) in [6.07, 6.45) is 4.90. The van der Waals surface area contributed by atoms with Crippen LogP contribution in [0, 0.1) is 23.7 Å². The van der Waals surface area contributed by atoms with E-state index in [0.29, 0.717) is 5.92 Å². The van der Waals surface area contributed by atoms with Crippen molar-refractivity contribution in [2.75, 3.05) is 0 Å². The molecule has 98 valence electrons. The largest absolute Gasteiger partial charge is 0.462 e. The fraction of sp³-hybridized carbons (Fsp3) is 0.857. The average molecular weight is 240 g/mol.